The molecule has 3 aromatic rings. The Kier molecular flexibility index (Phi) is 5.83. The first-order chi connectivity index (χ1) is 13.6. The molecule has 0 radical (unpaired) electrons. The minimum atomic E-state index is -0.431. The fraction of sp³-hybridized carbons (Fsp3) is 0.0870. The number of benzene rings is 3. The molecule has 0 heterocycles. The molecule has 0 atom stereocenters. The molecule has 0 spiro atoms. The number of para-hydroxylation sites is 1. The van der Waals surface area contributed by atoms with Crippen LogP contribution >= 0.6 is 0 Å². The maximum Gasteiger partial charge on any atom is 0.269 e. The molecule has 3 rings (SSSR count). The molecule has 0 aliphatic heterocycles. The zero-order chi connectivity index (χ0) is 19.9. The van der Waals surface area contributed by atoms with Crippen LogP contribution in [-0.2, 0) is 6.61 Å². The fourth-order valence-corrected chi connectivity index (χ4v) is 2.67. The molecule has 0 fully saturated rings. The van der Waals surface area contributed by atoms with Crippen LogP contribution in [0.25, 0.3) is 11.6 Å². The van der Waals surface area contributed by atoms with Crippen molar-refractivity contribution in [2.24, 2.45) is 0 Å². The van der Waals surface area contributed by atoms with Crippen LogP contribution in [0.4, 0.5) is 5.69 Å². The second kappa shape index (κ2) is 8.65. The third-order valence-electron chi connectivity index (χ3n) is 4.24. The van der Waals surface area contributed by atoms with Gasteiger partial charge in [0.2, 0.25) is 0 Å². The predicted molar refractivity (Wildman–Crippen MR) is 109 cm³/mol. The molecule has 0 unspecified atom stereocenters. The van der Waals surface area contributed by atoms with Crippen LogP contribution in [0.2, 0.25) is 0 Å². The van der Waals surface area contributed by atoms with Gasteiger partial charge in [-0.15, -0.1) is 0 Å². The molecule has 0 aliphatic rings. The van der Waals surface area contributed by atoms with Gasteiger partial charge in [0.05, 0.1) is 16.6 Å². The minimum absolute atomic E-state index is 0.0452. The molecule has 0 N–H and O–H groups in total. The first-order valence-corrected chi connectivity index (χ1v) is 8.71. The van der Waals surface area contributed by atoms with Crippen LogP contribution in [0.1, 0.15) is 22.3 Å². The largest absolute Gasteiger partial charge is 0.488 e. The third kappa shape index (κ3) is 4.63. The number of ether oxygens (including phenoxy) is 1. The van der Waals surface area contributed by atoms with Gasteiger partial charge in [0, 0.05) is 17.7 Å². The fourth-order valence-electron chi connectivity index (χ4n) is 2.67. The van der Waals surface area contributed by atoms with Crippen molar-refractivity contribution in [3.63, 3.8) is 0 Å². The van der Waals surface area contributed by atoms with Gasteiger partial charge in [0.1, 0.15) is 12.4 Å². The molecule has 0 bridgehead atoms. The maximum atomic E-state index is 10.7. The number of aryl methyl sites for hydroxylation is 1. The van der Waals surface area contributed by atoms with Gasteiger partial charge < -0.3 is 4.74 Å². The van der Waals surface area contributed by atoms with Crippen LogP contribution in [0, 0.1) is 28.4 Å². The lowest BCUT2D eigenvalue weighted by Gasteiger charge is -2.10. The van der Waals surface area contributed by atoms with E-state index in [1.54, 1.807) is 18.2 Å². The van der Waals surface area contributed by atoms with E-state index in [1.807, 2.05) is 55.5 Å². The van der Waals surface area contributed by atoms with E-state index < -0.39 is 4.92 Å². The number of nitriles is 1. The van der Waals surface area contributed by atoms with Crippen LogP contribution in [-0.4, -0.2) is 4.92 Å². The molecular weight excluding hydrogens is 352 g/mol. The van der Waals surface area contributed by atoms with E-state index in [2.05, 4.69) is 6.07 Å². The standard InChI is InChI=1S/C23H18N2O3/c1-17-6-10-19(11-7-17)21(15-24)14-20-4-2-3-5-23(20)28-16-18-8-12-22(13-9-18)25(26)27/h2-14H,16H2,1H3/b21-14-. The lowest BCUT2D eigenvalue weighted by Crippen LogP contribution is -1.97. The Hall–Kier alpha value is -3.91. The summed E-state index contributed by atoms with van der Waals surface area (Å²) in [4.78, 5) is 10.3. The van der Waals surface area contributed by atoms with E-state index >= 15 is 0 Å². The van der Waals surface area contributed by atoms with Crippen molar-refractivity contribution in [2.75, 3.05) is 0 Å². The highest BCUT2D eigenvalue weighted by atomic mass is 16.6. The monoisotopic (exact) mass is 370 g/mol. The van der Waals surface area contributed by atoms with E-state index in [0.29, 0.717) is 11.3 Å². The smallest absolute Gasteiger partial charge is 0.269 e. The van der Waals surface area contributed by atoms with Crippen molar-refractivity contribution in [2.45, 2.75) is 13.5 Å². The van der Waals surface area contributed by atoms with Crippen LogP contribution < -0.4 is 4.74 Å². The van der Waals surface area contributed by atoms with Crippen LogP contribution in [0.3, 0.4) is 0 Å². The van der Waals surface area contributed by atoms with Gasteiger partial charge >= 0.3 is 0 Å². The van der Waals surface area contributed by atoms with Gasteiger partial charge in [-0.2, -0.15) is 5.26 Å². The van der Waals surface area contributed by atoms with Crippen molar-refractivity contribution in [1.82, 2.24) is 0 Å². The summed E-state index contributed by atoms with van der Waals surface area (Å²) >= 11 is 0. The number of allylic oxidation sites excluding steroid dienone is 1. The Morgan fingerprint density at radius 1 is 1.07 bits per heavy atom. The molecule has 28 heavy (non-hydrogen) atoms. The highest BCUT2D eigenvalue weighted by Crippen LogP contribution is 2.26. The molecule has 5 nitrogen and oxygen atoms in total. The second-order valence-electron chi connectivity index (χ2n) is 6.29. The van der Waals surface area contributed by atoms with E-state index in [9.17, 15) is 15.4 Å². The molecule has 0 amide bonds. The molecule has 5 heteroatoms. The van der Waals surface area contributed by atoms with E-state index in [-0.39, 0.29) is 12.3 Å². The average Bonchev–Trinajstić information content (AvgIpc) is 2.72. The van der Waals surface area contributed by atoms with Gasteiger partial charge in [-0.05, 0) is 42.3 Å². The zero-order valence-electron chi connectivity index (χ0n) is 15.3. The highest BCUT2D eigenvalue weighted by molar-refractivity contribution is 5.90. The van der Waals surface area contributed by atoms with Gasteiger partial charge in [-0.1, -0.05) is 48.0 Å². The number of hydrogen-bond acceptors (Lipinski definition) is 4. The molecule has 0 saturated heterocycles. The predicted octanol–water partition coefficient (Wildman–Crippen LogP) is 5.55. The number of nitrogens with zero attached hydrogens (tertiary/aromatic N) is 2. The quantitative estimate of drug-likeness (QED) is 0.247. The normalized spacial score (nSPS) is 10.9. The third-order valence-corrected chi connectivity index (χ3v) is 4.24. The molecule has 138 valence electrons. The molecule has 3 aromatic carbocycles. The summed E-state index contributed by atoms with van der Waals surface area (Å²) in [6.45, 7) is 2.27. The summed E-state index contributed by atoms with van der Waals surface area (Å²) in [7, 11) is 0. The van der Waals surface area contributed by atoms with Crippen LogP contribution in [0.5, 0.6) is 5.75 Å². The van der Waals surface area contributed by atoms with Gasteiger partial charge in [-0.25, -0.2) is 0 Å². The number of hydrogen-bond donors (Lipinski definition) is 0. The van der Waals surface area contributed by atoms with Crippen molar-refractivity contribution < 1.29 is 9.66 Å². The Labute approximate surface area is 163 Å². The summed E-state index contributed by atoms with van der Waals surface area (Å²) < 4.78 is 5.90. The topological polar surface area (TPSA) is 76.2 Å². The summed E-state index contributed by atoms with van der Waals surface area (Å²) in [5.41, 5.74) is 4.19. The molecule has 0 aromatic heterocycles. The van der Waals surface area contributed by atoms with Gasteiger partial charge in [0.25, 0.3) is 5.69 Å². The number of rotatable bonds is 6. The number of nitro benzene ring substituents is 1. The molecule has 0 saturated carbocycles. The average molecular weight is 370 g/mol. The Morgan fingerprint density at radius 2 is 1.75 bits per heavy atom. The van der Waals surface area contributed by atoms with E-state index in [4.69, 9.17) is 4.74 Å². The SMILES string of the molecule is Cc1ccc(/C(C#N)=C\c2ccccc2OCc2ccc([N+](=O)[O-])cc2)cc1. The Morgan fingerprint density at radius 3 is 2.39 bits per heavy atom. The van der Waals surface area contributed by atoms with E-state index in [0.717, 1.165) is 22.3 Å². The molecule has 0 aliphatic carbocycles. The summed E-state index contributed by atoms with van der Waals surface area (Å²) in [5, 5.41) is 20.3. The van der Waals surface area contributed by atoms with Crippen molar-refractivity contribution in [1.29, 1.82) is 5.26 Å². The van der Waals surface area contributed by atoms with Crippen molar-refractivity contribution in [3.8, 4) is 11.8 Å². The lowest BCUT2D eigenvalue weighted by molar-refractivity contribution is -0.384. The lowest BCUT2D eigenvalue weighted by atomic mass is 10.0. The minimum Gasteiger partial charge on any atom is -0.488 e. The van der Waals surface area contributed by atoms with Gasteiger partial charge in [0.15, 0.2) is 0 Å². The number of non-ortho nitro benzene ring substituents is 1. The maximum absolute atomic E-state index is 10.7. The summed E-state index contributed by atoms with van der Waals surface area (Å²) in [6.07, 6.45) is 1.80. The van der Waals surface area contributed by atoms with Crippen LogP contribution in [0.15, 0.2) is 72.8 Å². The van der Waals surface area contributed by atoms with E-state index in [1.165, 1.54) is 12.1 Å². The first-order valence-electron chi connectivity index (χ1n) is 8.71. The van der Waals surface area contributed by atoms with Crippen molar-refractivity contribution >= 4 is 17.3 Å². The first kappa shape index (κ1) is 18.9. The number of nitro groups is 1. The summed E-state index contributed by atoms with van der Waals surface area (Å²) in [6, 6.07) is 23.7. The van der Waals surface area contributed by atoms with Crippen molar-refractivity contribution in [3.05, 3.63) is 105 Å². The summed E-state index contributed by atoms with van der Waals surface area (Å²) in [5.74, 6) is 0.640. The zero-order valence-corrected chi connectivity index (χ0v) is 15.3. The highest BCUT2D eigenvalue weighted by Gasteiger charge is 2.07. The Balaban J connectivity index is 1.81. The molecular formula is C23H18N2O3. The Bertz CT molecular complexity index is 1050. The second-order valence-corrected chi connectivity index (χ2v) is 6.29. The van der Waals surface area contributed by atoms with Gasteiger partial charge in [-0.3, -0.25) is 10.1 Å².